The molecule has 0 amide bonds. The van der Waals surface area contributed by atoms with Gasteiger partial charge in [0, 0.05) is 27.9 Å². The molecule has 0 N–H and O–H groups in total. The summed E-state index contributed by atoms with van der Waals surface area (Å²) in [5.41, 5.74) is 1.23. The van der Waals surface area contributed by atoms with Gasteiger partial charge in [0.05, 0.1) is 11.5 Å². The first-order chi connectivity index (χ1) is 11.8. The zero-order valence-electron chi connectivity index (χ0n) is 14.4. The zero-order valence-corrected chi connectivity index (χ0v) is 16.0. The van der Waals surface area contributed by atoms with Gasteiger partial charge in [-0.2, -0.15) is 0 Å². The van der Waals surface area contributed by atoms with E-state index < -0.39 is 0 Å². The van der Waals surface area contributed by atoms with Gasteiger partial charge in [0.25, 0.3) is 0 Å². The normalized spacial score (nSPS) is 11.2. The Kier molecular flexibility index (Phi) is 6.21. The van der Waals surface area contributed by atoms with Crippen LogP contribution in [0.4, 0.5) is 0 Å². The molecular formula is C19H24N2OS2. The molecule has 0 aliphatic carbocycles. The SMILES string of the molecule is CCCCCc1cnc(-c2cc3sc(OCCCC)cc3s2)nc1. The lowest BCUT2D eigenvalue weighted by atomic mass is 10.1. The molecule has 0 aliphatic rings. The second kappa shape index (κ2) is 8.58. The molecule has 0 radical (unpaired) electrons. The van der Waals surface area contributed by atoms with Crippen molar-refractivity contribution in [3.63, 3.8) is 0 Å². The Labute approximate surface area is 151 Å². The number of nitrogens with zero attached hydrogens (tertiary/aromatic N) is 2. The highest BCUT2D eigenvalue weighted by Crippen LogP contribution is 2.40. The summed E-state index contributed by atoms with van der Waals surface area (Å²) in [6, 6.07) is 4.33. The Balaban J connectivity index is 1.67. The number of fused-ring (bicyclic) bond motifs is 1. The summed E-state index contributed by atoms with van der Waals surface area (Å²) in [7, 11) is 0. The van der Waals surface area contributed by atoms with Gasteiger partial charge in [0.15, 0.2) is 10.9 Å². The van der Waals surface area contributed by atoms with Gasteiger partial charge in [-0.05, 0) is 30.9 Å². The fraction of sp³-hybridized carbons (Fsp3) is 0.474. The van der Waals surface area contributed by atoms with Gasteiger partial charge >= 0.3 is 0 Å². The Morgan fingerprint density at radius 1 is 0.917 bits per heavy atom. The predicted octanol–water partition coefficient (Wildman–Crippen LogP) is 6.33. The molecule has 3 nitrogen and oxygen atoms in total. The van der Waals surface area contributed by atoms with Crippen LogP contribution in [0, 0.1) is 0 Å². The largest absolute Gasteiger partial charge is 0.484 e. The maximum Gasteiger partial charge on any atom is 0.175 e. The van der Waals surface area contributed by atoms with Crippen molar-refractivity contribution >= 4 is 32.1 Å². The van der Waals surface area contributed by atoms with Crippen molar-refractivity contribution in [1.82, 2.24) is 9.97 Å². The quantitative estimate of drug-likeness (QED) is 0.418. The molecule has 0 saturated heterocycles. The number of aryl methyl sites for hydroxylation is 1. The van der Waals surface area contributed by atoms with Crippen molar-refractivity contribution < 1.29 is 4.74 Å². The Hall–Kier alpha value is -1.46. The smallest absolute Gasteiger partial charge is 0.175 e. The number of hydrogen-bond donors (Lipinski definition) is 0. The molecule has 3 aromatic heterocycles. The predicted molar refractivity (Wildman–Crippen MR) is 104 cm³/mol. The number of thiophene rings is 2. The fourth-order valence-corrected chi connectivity index (χ4v) is 4.71. The van der Waals surface area contributed by atoms with Crippen LogP contribution in [0.2, 0.25) is 0 Å². The number of hydrogen-bond acceptors (Lipinski definition) is 5. The summed E-state index contributed by atoms with van der Waals surface area (Å²) in [5.74, 6) is 0.830. The summed E-state index contributed by atoms with van der Waals surface area (Å²) >= 11 is 3.46. The molecule has 0 unspecified atom stereocenters. The lowest BCUT2D eigenvalue weighted by Crippen LogP contribution is -1.93. The third-order valence-electron chi connectivity index (χ3n) is 3.92. The van der Waals surface area contributed by atoms with Gasteiger partial charge in [-0.3, -0.25) is 0 Å². The molecule has 3 rings (SSSR count). The van der Waals surface area contributed by atoms with Crippen molar-refractivity contribution in [2.45, 2.75) is 52.4 Å². The number of aromatic nitrogens is 2. The second-order valence-electron chi connectivity index (χ2n) is 5.98. The van der Waals surface area contributed by atoms with Gasteiger partial charge in [0.2, 0.25) is 0 Å². The molecule has 0 saturated carbocycles. The minimum atomic E-state index is 0.805. The first kappa shape index (κ1) is 17.4. The molecular weight excluding hydrogens is 336 g/mol. The molecule has 5 heteroatoms. The van der Waals surface area contributed by atoms with Crippen molar-refractivity contribution in [1.29, 1.82) is 0 Å². The first-order valence-corrected chi connectivity index (χ1v) is 10.4. The highest BCUT2D eigenvalue weighted by molar-refractivity contribution is 7.30. The van der Waals surface area contributed by atoms with E-state index in [1.165, 1.54) is 34.2 Å². The molecule has 0 atom stereocenters. The summed E-state index contributed by atoms with van der Waals surface area (Å²) in [6.45, 7) is 5.21. The van der Waals surface area contributed by atoms with Crippen LogP contribution in [0.1, 0.15) is 51.5 Å². The lowest BCUT2D eigenvalue weighted by Gasteiger charge is -2.01. The van der Waals surface area contributed by atoms with Gasteiger partial charge in [0.1, 0.15) is 0 Å². The third-order valence-corrected chi connectivity index (χ3v) is 6.12. The second-order valence-corrected chi connectivity index (χ2v) is 8.11. The van der Waals surface area contributed by atoms with Crippen LogP contribution < -0.4 is 4.74 Å². The molecule has 3 aromatic rings. The van der Waals surface area contributed by atoms with Crippen LogP contribution in [0.15, 0.2) is 24.5 Å². The topological polar surface area (TPSA) is 35.0 Å². The highest BCUT2D eigenvalue weighted by atomic mass is 32.1. The van der Waals surface area contributed by atoms with E-state index in [1.54, 1.807) is 22.7 Å². The number of unbranched alkanes of at least 4 members (excludes halogenated alkanes) is 3. The molecule has 128 valence electrons. The summed E-state index contributed by atoms with van der Waals surface area (Å²) in [6.07, 6.45) is 11.0. The van der Waals surface area contributed by atoms with Gasteiger partial charge in [-0.15, -0.1) is 11.3 Å². The van der Waals surface area contributed by atoms with E-state index in [9.17, 15) is 0 Å². The molecule has 3 heterocycles. The number of ether oxygens (including phenoxy) is 1. The number of rotatable bonds is 9. The Bertz CT molecular complexity index is 730. The third kappa shape index (κ3) is 4.33. The Morgan fingerprint density at radius 2 is 1.67 bits per heavy atom. The van der Waals surface area contributed by atoms with Crippen LogP contribution >= 0.6 is 22.7 Å². The van der Waals surface area contributed by atoms with Crippen LogP contribution in [0.5, 0.6) is 5.06 Å². The van der Waals surface area contributed by atoms with Gasteiger partial charge in [-0.25, -0.2) is 9.97 Å². The van der Waals surface area contributed by atoms with Crippen LogP contribution in [0.3, 0.4) is 0 Å². The molecule has 0 aromatic carbocycles. The zero-order chi connectivity index (χ0) is 16.8. The minimum absolute atomic E-state index is 0.805. The van der Waals surface area contributed by atoms with E-state index in [0.717, 1.165) is 41.6 Å². The van der Waals surface area contributed by atoms with Crippen LogP contribution in [0.25, 0.3) is 20.1 Å². The van der Waals surface area contributed by atoms with Gasteiger partial charge in [-0.1, -0.05) is 44.4 Å². The van der Waals surface area contributed by atoms with E-state index in [1.807, 2.05) is 12.4 Å². The average molecular weight is 361 g/mol. The van der Waals surface area contributed by atoms with Crippen LogP contribution in [-0.4, -0.2) is 16.6 Å². The van der Waals surface area contributed by atoms with E-state index in [4.69, 9.17) is 4.74 Å². The summed E-state index contributed by atoms with van der Waals surface area (Å²) in [4.78, 5) is 10.3. The maximum atomic E-state index is 5.79. The van der Waals surface area contributed by atoms with E-state index >= 15 is 0 Å². The fourth-order valence-electron chi connectivity index (χ4n) is 2.50. The highest BCUT2D eigenvalue weighted by Gasteiger charge is 2.11. The van der Waals surface area contributed by atoms with E-state index in [0.29, 0.717) is 0 Å². The van der Waals surface area contributed by atoms with Crippen LogP contribution in [-0.2, 0) is 6.42 Å². The molecule has 0 bridgehead atoms. The maximum absolute atomic E-state index is 5.79. The standard InChI is InChI=1S/C19H24N2OS2/c1-3-5-7-8-14-12-20-19(21-13-14)17-10-15-16(23-17)11-18(24-15)22-9-6-4-2/h10-13H,3-9H2,1-2H3. The monoisotopic (exact) mass is 360 g/mol. The van der Waals surface area contributed by atoms with Crippen molar-refractivity contribution in [3.8, 4) is 15.8 Å². The summed E-state index contributed by atoms with van der Waals surface area (Å²) < 4.78 is 8.31. The molecule has 24 heavy (non-hydrogen) atoms. The van der Waals surface area contributed by atoms with Crippen molar-refractivity contribution in [3.05, 3.63) is 30.1 Å². The molecule has 0 aliphatic heterocycles. The minimum Gasteiger partial charge on any atom is -0.484 e. The van der Waals surface area contributed by atoms with Crippen molar-refractivity contribution in [2.75, 3.05) is 6.61 Å². The first-order valence-electron chi connectivity index (χ1n) is 8.77. The summed E-state index contributed by atoms with van der Waals surface area (Å²) in [5, 5.41) is 1.02. The average Bonchev–Trinajstić information content (AvgIpc) is 3.15. The van der Waals surface area contributed by atoms with Gasteiger partial charge < -0.3 is 4.74 Å². The van der Waals surface area contributed by atoms with Crippen molar-refractivity contribution in [2.24, 2.45) is 0 Å². The van der Waals surface area contributed by atoms with E-state index in [-0.39, 0.29) is 0 Å². The van der Waals surface area contributed by atoms with E-state index in [2.05, 4.69) is 35.9 Å². The molecule has 0 spiro atoms. The Morgan fingerprint density at radius 3 is 2.38 bits per heavy atom. The molecule has 0 fully saturated rings. The lowest BCUT2D eigenvalue weighted by molar-refractivity contribution is 0.318.